The highest BCUT2D eigenvalue weighted by Gasteiger charge is 2.43. The van der Waals surface area contributed by atoms with Gasteiger partial charge in [0.25, 0.3) is 0 Å². The Hall–Kier alpha value is -0.0400. The van der Waals surface area contributed by atoms with E-state index >= 15 is 0 Å². The molecular formula is C13H22O. The van der Waals surface area contributed by atoms with Crippen molar-refractivity contribution in [2.75, 3.05) is 0 Å². The van der Waals surface area contributed by atoms with Crippen LogP contribution < -0.4 is 0 Å². The lowest BCUT2D eigenvalue weighted by atomic mass is 9.72. The van der Waals surface area contributed by atoms with Crippen LogP contribution in [-0.2, 0) is 0 Å². The molecule has 80 valence electrons. The molecule has 3 aliphatic rings. The largest absolute Gasteiger partial charge is 0.393 e. The third-order valence-electron chi connectivity index (χ3n) is 5.09. The molecule has 3 aliphatic carbocycles. The van der Waals surface area contributed by atoms with Crippen molar-refractivity contribution in [1.82, 2.24) is 0 Å². The first-order valence-corrected chi connectivity index (χ1v) is 6.51. The van der Waals surface area contributed by atoms with Crippen molar-refractivity contribution in [3.05, 3.63) is 0 Å². The molecule has 0 aromatic carbocycles. The van der Waals surface area contributed by atoms with Gasteiger partial charge in [-0.25, -0.2) is 0 Å². The van der Waals surface area contributed by atoms with E-state index in [4.69, 9.17) is 0 Å². The van der Waals surface area contributed by atoms with E-state index in [1.807, 2.05) is 0 Å². The fourth-order valence-corrected chi connectivity index (χ4v) is 4.46. The molecule has 3 fully saturated rings. The molecule has 0 aromatic heterocycles. The van der Waals surface area contributed by atoms with E-state index in [-0.39, 0.29) is 6.10 Å². The highest BCUT2D eigenvalue weighted by atomic mass is 16.3. The monoisotopic (exact) mass is 194 g/mol. The molecule has 1 N–H and O–H groups in total. The van der Waals surface area contributed by atoms with Crippen molar-refractivity contribution in [3.63, 3.8) is 0 Å². The summed E-state index contributed by atoms with van der Waals surface area (Å²) < 4.78 is 0. The number of hydrogen-bond acceptors (Lipinski definition) is 1. The normalized spacial score (nSPS) is 52.5. The van der Waals surface area contributed by atoms with Crippen LogP contribution in [0.3, 0.4) is 0 Å². The summed E-state index contributed by atoms with van der Waals surface area (Å²) in [7, 11) is 0. The van der Waals surface area contributed by atoms with E-state index in [9.17, 15) is 5.11 Å². The summed E-state index contributed by atoms with van der Waals surface area (Å²) in [5.74, 6) is 4.01. The van der Waals surface area contributed by atoms with Gasteiger partial charge in [0, 0.05) is 0 Å². The summed E-state index contributed by atoms with van der Waals surface area (Å²) >= 11 is 0. The molecule has 1 heteroatoms. The minimum Gasteiger partial charge on any atom is -0.393 e. The van der Waals surface area contributed by atoms with Crippen LogP contribution in [0.2, 0.25) is 0 Å². The molecule has 14 heavy (non-hydrogen) atoms. The van der Waals surface area contributed by atoms with Crippen molar-refractivity contribution in [3.8, 4) is 0 Å². The maximum atomic E-state index is 9.71. The Morgan fingerprint density at radius 2 is 1.64 bits per heavy atom. The number of hydrogen-bond donors (Lipinski definition) is 1. The quantitative estimate of drug-likeness (QED) is 0.680. The Kier molecular flexibility index (Phi) is 2.31. The van der Waals surface area contributed by atoms with Crippen LogP contribution in [0, 0.1) is 23.7 Å². The van der Waals surface area contributed by atoms with Gasteiger partial charge >= 0.3 is 0 Å². The van der Waals surface area contributed by atoms with E-state index < -0.39 is 0 Å². The number of rotatable bonds is 1. The molecule has 1 nitrogen and oxygen atoms in total. The lowest BCUT2D eigenvalue weighted by Gasteiger charge is -2.35. The molecule has 5 atom stereocenters. The van der Waals surface area contributed by atoms with Crippen molar-refractivity contribution in [2.45, 2.75) is 57.5 Å². The second kappa shape index (κ2) is 3.52. The first kappa shape index (κ1) is 9.21. The molecule has 0 spiro atoms. The summed E-state index contributed by atoms with van der Waals surface area (Å²) in [6, 6.07) is 0. The van der Waals surface area contributed by atoms with Crippen molar-refractivity contribution >= 4 is 0 Å². The van der Waals surface area contributed by atoms with Crippen molar-refractivity contribution < 1.29 is 5.11 Å². The van der Waals surface area contributed by atoms with Crippen molar-refractivity contribution in [2.24, 2.45) is 23.7 Å². The topological polar surface area (TPSA) is 20.2 Å². The molecule has 3 rings (SSSR count). The molecule has 0 aliphatic heterocycles. The zero-order valence-electron chi connectivity index (χ0n) is 8.99. The lowest BCUT2D eigenvalue weighted by molar-refractivity contribution is 0.0650. The number of aliphatic hydroxyl groups is 1. The molecule has 2 bridgehead atoms. The summed E-state index contributed by atoms with van der Waals surface area (Å²) in [4.78, 5) is 0. The van der Waals surface area contributed by atoms with Gasteiger partial charge in [0.1, 0.15) is 0 Å². The molecule has 0 amide bonds. The maximum Gasteiger partial charge on any atom is 0.0543 e. The molecule has 0 radical (unpaired) electrons. The minimum absolute atomic E-state index is 0.0351. The van der Waals surface area contributed by atoms with Gasteiger partial charge in [-0.15, -0.1) is 0 Å². The molecule has 0 saturated heterocycles. The predicted molar refractivity (Wildman–Crippen MR) is 56.9 cm³/mol. The van der Waals surface area contributed by atoms with Crippen LogP contribution in [0.25, 0.3) is 0 Å². The van der Waals surface area contributed by atoms with Gasteiger partial charge in [0.15, 0.2) is 0 Å². The third-order valence-corrected chi connectivity index (χ3v) is 5.09. The van der Waals surface area contributed by atoms with Crippen LogP contribution in [0.15, 0.2) is 0 Å². The fraction of sp³-hybridized carbons (Fsp3) is 1.00. The van der Waals surface area contributed by atoms with Crippen LogP contribution >= 0.6 is 0 Å². The standard InChI is InChI=1S/C13H22O/c14-12-3-1-2-10(8-12)13-7-9-4-5-11(13)6-9/h9-14H,1-8H2/t9-,10-,11-,12-,13-/m0/s1. The lowest BCUT2D eigenvalue weighted by Crippen LogP contribution is -2.28. The van der Waals surface area contributed by atoms with E-state index in [2.05, 4.69) is 0 Å². The van der Waals surface area contributed by atoms with Crippen LogP contribution in [0.4, 0.5) is 0 Å². The maximum absolute atomic E-state index is 9.71. The van der Waals surface area contributed by atoms with Crippen LogP contribution in [-0.4, -0.2) is 11.2 Å². The fourth-order valence-electron chi connectivity index (χ4n) is 4.46. The first-order valence-electron chi connectivity index (χ1n) is 6.51. The summed E-state index contributed by atoms with van der Waals surface area (Å²) in [6.45, 7) is 0. The Morgan fingerprint density at radius 1 is 0.786 bits per heavy atom. The zero-order valence-corrected chi connectivity index (χ0v) is 8.99. The van der Waals surface area contributed by atoms with E-state index in [0.29, 0.717) is 0 Å². The summed E-state index contributed by atoms with van der Waals surface area (Å²) in [5.41, 5.74) is 0. The predicted octanol–water partition coefficient (Wildman–Crippen LogP) is 2.97. The molecular weight excluding hydrogens is 172 g/mol. The van der Waals surface area contributed by atoms with Crippen LogP contribution in [0.5, 0.6) is 0 Å². The van der Waals surface area contributed by atoms with Gasteiger partial charge in [-0.1, -0.05) is 12.8 Å². The average Bonchev–Trinajstić information content (AvgIpc) is 2.78. The molecule has 0 unspecified atom stereocenters. The third kappa shape index (κ3) is 1.50. The summed E-state index contributed by atoms with van der Waals surface area (Å²) in [6.07, 6.45) is 10.9. The minimum atomic E-state index is 0.0351. The zero-order chi connectivity index (χ0) is 9.54. The van der Waals surface area contributed by atoms with Gasteiger partial charge in [0.2, 0.25) is 0 Å². The van der Waals surface area contributed by atoms with Crippen LogP contribution in [0.1, 0.15) is 51.4 Å². The summed E-state index contributed by atoms with van der Waals surface area (Å²) in [5, 5.41) is 9.71. The van der Waals surface area contributed by atoms with E-state index in [1.165, 1.54) is 38.5 Å². The number of fused-ring (bicyclic) bond motifs is 2. The van der Waals surface area contributed by atoms with E-state index in [1.54, 1.807) is 0 Å². The van der Waals surface area contributed by atoms with Gasteiger partial charge in [-0.05, 0) is 62.2 Å². The van der Waals surface area contributed by atoms with Crippen molar-refractivity contribution in [1.29, 1.82) is 0 Å². The van der Waals surface area contributed by atoms with Gasteiger partial charge in [0.05, 0.1) is 6.10 Å². The van der Waals surface area contributed by atoms with Gasteiger partial charge in [-0.3, -0.25) is 0 Å². The van der Waals surface area contributed by atoms with E-state index in [0.717, 1.165) is 36.5 Å². The Balaban J connectivity index is 1.65. The SMILES string of the molecule is O[C@H]1CCC[C@H]([C@@H]2C[C@H]3CC[C@H]2C3)C1. The first-order chi connectivity index (χ1) is 6.83. The second-order valence-corrected chi connectivity index (χ2v) is 5.92. The number of aliphatic hydroxyl groups excluding tert-OH is 1. The van der Waals surface area contributed by atoms with Gasteiger partial charge in [-0.2, -0.15) is 0 Å². The molecule has 3 saturated carbocycles. The van der Waals surface area contributed by atoms with Gasteiger partial charge < -0.3 is 5.11 Å². The molecule has 0 heterocycles. The Bertz CT molecular complexity index is 213. The highest BCUT2D eigenvalue weighted by Crippen LogP contribution is 2.53. The highest BCUT2D eigenvalue weighted by molar-refractivity contribution is 4.94. The Labute approximate surface area is 86.9 Å². The second-order valence-electron chi connectivity index (χ2n) is 5.92. The molecule has 0 aromatic rings. The average molecular weight is 194 g/mol. The smallest absolute Gasteiger partial charge is 0.0543 e. The Morgan fingerprint density at radius 3 is 2.29 bits per heavy atom.